The average molecular weight is 474 g/mol. The molecule has 4 rings (SSSR count). The van der Waals surface area contributed by atoms with E-state index >= 15 is 0 Å². The number of rotatable bonds is 8. The number of benzene rings is 1. The third-order valence-corrected chi connectivity index (χ3v) is 6.48. The van der Waals surface area contributed by atoms with E-state index in [1.165, 1.54) is 18.2 Å². The van der Waals surface area contributed by atoms with Gasteiger partial charge in [0.1, 0.15) is 23.6 Å². The summed E-state index contributed by atoms with van der Waals surface area (Å²) >= 11 is 5.81. The lowest BCUT2D eigenvalue weighted by atomic mass is 9.92. The highest BCUT2D eigenvalue weighted by atomic mass is 35.5. The molecule has 1 saturated carbocycles. The number of H-pyrrole nitrogens is 1. The highest BCUT2D eigenvalue weighted by Crippen LogP contribution is 2.33. The van der Waals surface area contributed by atoms with Crippen LogP contribution in [0.1, 0.15) is 49.0 Å². The predicted molar refractivity (Wildman–Crippen MR) is 120 cm³/mol. The van der Waals surface area contributed by atoms with E-state index < -0.39 is 29.7 Å². The topological polar surface area (TPSA) is 127 Å². The van der Waals surface area contributed by atoms with Crippen molar-refractivity contribution >= 4 is 40.2 Å². The Labute approximate surface area is 195 Å². The molecule has 2 fully saturated rings. The summed E-state index contributed by atoms with van der Waals surface area (Å²) in [6, 6.07) is 4.53. The second-order valence-electron chi connectivity index (χ2n) is 8.80. The summed E-state index contributed by atoms with van der Waals surface area (Å²) < 4.78 is 13.7. The van der Waals surface area contributed by atoms with Gasteiger partial charge in [-0.05, 0) is 49.8 Å². The third-order valence-electron chi connectivity index (χ3n) is 6.19. The van der Waals surface area contributed by atoms with Crippen molar-refractivity contribution in [1.29, 1.82) is 5.26 Å². The Hall–Kier alpha value is -3.12. The van der Waals surface area contributed by atoms with Crippen molar-refractivity contribution in [2.24, 2.45) is 11.8 Å². The van der Waals surface area contributed by atoms with Gasteiger partial charge in [0.25, 0.3) is 5.91 Å². The number of aromatic nitrogens is 1. The number of nitriles is 1. The van der Waals surface area contributed by atoms with Crippen LogP contribution in [0.4, 0.5) is 4.39 Å². The van der Waals surface area contributed by atoms with Gasteiger partial charge < -0.3 is 20.9 Å². The number of carbonyl (C=O) groups excluding carboxylic acids is 3. The zero-order chi connectivity index (χ0) is 23.5. The molecule has 1 saturated heterocycles. The Bertz CT molecular complexity index is 1080. The minimum atomic E-state index is -0.830. The van der Waals surface area contributed by atoms with Crippen LogP contribution in [0, 0.1) is 29.0 Å². The molecule has 3 amide bonds. The van der Waals surface area contributed by atoms with Crippen LogP contribution in [0.3, 0.4) is 0 Å². The maximum absolute atomic E-state index is 13.7. The SMILES string of the molecule is N#CC(C[C@@H]1CCCNC1=O)NC(=O)C(CC1CC1)NC(=O)c1cc2cc(F)c(Cl)cc2[nH]1. The molecule has 174 valence electrons. The second kappa shape index (κ2) is 9.79. The zero-order valence-electron chi connectivity index (χ0n) is 17.9. The average Bonchev–Trinajstić information content (AvgIpc) is 3.52. The van der Waals surface area contributed by atoms with Gasteiger partial charge >= 0.3 is 0 Å². The van der Waals surface area contributed by atoms with Crippen LogP contribution in [-0.4, -0.2) is 41.3 Å². The van der Waals surface area contributed by atoms with E-state index in [2.05, 4.69) is 27.0 Å². The quantitative estimate of drug-likeness (QED) is 0.470. The fraction of sp³-hybridized carbons (Fsp3) is 0.478. The number of hydrogen-bond donors (Lipinski definition) is 4. The maximum Gasteiger partial charge on any atom is 0.268 e. The Balaban J connectivity index is 1.43. The summed E-state index contributed by atoms with van der Waals surface area (Å²) in [6.07, 6.45) is 4.16. The van der Waals surface area contributed by atoms with Crippen molar-refractivity contribution in [3.05, 3.63) is 34.7 Å². The molecule has 3 atom stereocenters. The molecule has 1 aliphatic carbocycles. The first-order valence-corrected chi connectivity index (χ1v) is 11.5. The van der Waals surface area contributed by atoms with E-state index in [1.54, 1.807) is 0 Å². The van der Waals surface area contributed by atoms with E-state index in [0.29, 0.717) is 36.2 Å². The van der Waals surface area contributed by atoms with Gasteiger partial charge in [-0.25, -0.2) is 4.39 Å². The van der Waals surface area contributed by atoms with Crippen LogP contribution in [-0.2, 0) is 9.59 Å². The minimum absolute atomic E-state index is 0.0588. The standard InChI is InChI=1S/C23H25ClFN5O3/c24-16-10-18-14(8-17(16)25)9-20(29-18)23(33)30-19(6-12-3-4-12)22(32)28-15(11-26)7-13-2-1-5-27-21(13)31/h8-10,12-13,15,19,29H,1-7H2,(H,27,31)(H,28,32)(H,30,33)/t13-,15?,19?/m0/s1. The molecule has 0 bridgehead atoms. The fourth-order valence-electron chi connectivity index (χ4n) is 4.16. The summed E-state index contributed by atoms with van der Waals surface area (Å²) in [5.41, 5.74) is 0.682. The van der Waals surface area contributed by atoms with E-state index in [4.69, 9.17) is 11.6 Å². The first-order chi connectivity index (χ1) is 15.8. The third kappa shape index (κ3) is 5.63. The summed E-state index contributed by atoms with van der Waals surface area (Å²) in [7, 11) is 0. The van der Waals surface area contributed by atoms with E-state index in [-0.39, 0.29) is 29.0 Å². The molecular weight excluding hydrogens is 449 g/mol. The summed E-state index contributed by atoms with van der Waals surface area (Å²) in [4.78, 5) is 40.7. The Morgan fingerprint density at radius 2 is 2.00 bits per heavy atom. The Morgan fingerprint density at radius 3 is 2.70 bits per heavy atom. The zero-order valence-corrected chi connectivity index (χ0v) is 18.7. The van der Waals surface area contributed by atoms with Gasteiger partial charge in [-0.2, -0.15) is 5.26 Å². The number of piperidine rings is 1. The number of hydrogen-bond acceptors (Lipinski definition) is 4. The highest BCUT2D eigenvalue weighted by Gasteiger charge is 2.33. The van der Waals surface area contributed by atoms with Crippen LogP contribution < -0.4 is 16.0 Å². The molecule has 2 unspecified atom stereocenters. The van der Waals surface area contributed by atoms with Gasteiger partial charge in [0.2, 0.25) is 11.8 Å². The Kier molecular flexibility index (Phi) is 6.84. The lowest BCUT2D eigenvalue weighted by molar-refractivity contribution is -0.128. The number of halogens is 2. The van der Waals surface area contributed by atoms with Crippen molar-refractivity contribution in [3.63, 3.8) is 0 Å². The van der Waals surface area contributed by atoms with Crippen molar-refractivity contribution < 1.29 is 18.8 Å². The lowest BCUT2D eigenvalue weighted by Gasteiger charge is -2.25. The second-order valence-corrected chi connectivity index (χ2v) is 9.21. The number of amides is 3. The van der Waals surface area contributed by atoms with Crippen molar-refractivity contribution in [2.45, 2.75) is 50.6 Å². The van der Waals surface area contributed by atoms with E-state index in [0.717, 1.165) is 19.3 Å². The fourth-order valence-corrected chi connectivity index (χ4v) is 4.33. The molecule has 2 aliphatic rings. The maximum atomic E-state index is 13.7. The normalized spacial score (nSPS) is 19.9. The number of aromatic amines is 1. The number of nitrogens with one attached hydrogen (secondary N) is 4. The van der Waals surface area contributed by atoms with Gasteiger partial charge in [0.15, 0.2) is 0 Å². The van der Waals surface area contributed by atoms with Crippen LogP contribution in [0.15, 0.2) is 18.2 Å². The molecule has 0 spiro atoms. The molecular formula is C23H25ClFN5O3. The summed E-state index contributed by atoms with van der Waals surface area (Å²) in [5.74, 6) is -1.64. The minimum Gasteiger partial charge on any atom is -0.356 e. The first-order valence-electron chi connectivity index (χ1n) is 11.1. The summed E-state index contributed by atoms with van der Waals surface area (Å²) in [5, 5.41) is 18.2. The van der Waals surface area contributed by atoms with Gasteiger partial charge in [0, 0.05) is 23.4 Å². The van der Waals surface area contributed by atoms with Gasteiger partial charge in [-0.1, -0.05) is 24.4 Å². The number of carbonyl (C=O) groups is 3. The van der Waals surface area contributed by atoms with Gasteiger partial charge in [-0.15, -0.1) is 0 Å². The molecule has 10 heteroatoms. The van der Waals surface area contributed by atoms with Crippen LogP contribution in [0.2, 0.25) is 5.02 Å². The smallest absolute Gasteiger partial charge is 0.268 e. The van der Waals surface area contributed by atoms with Crippen molar-refractivity contribution in [1.82, 2.24) is 20.9 Å². The summed E-state index contributed by atoms with van der Waals surface area (Å²) in [6.45, 7) is 0.626. The first kappa shape index (κ1) is 23.1. The molecule has 1 aromatic carbocycles. The molecule has 8 nitrogen and oxygen atoms in total. The van der Waals surface area contributed by atoms with Crippen molar-refractivity contribution in [2.75, 3.05) is 6.54 Å². The molecule has 1 aromatic heterocycles. The van der Waals surface area contributed by atoms with Gasteiger partial charge in [-0.3, -0.25) is 14.4 Å². The monoisotopic (exact) mass is 473 g/mol. The highest BCUT2D eigenvalue weighted by molar-refractivity contribution is 6.31. The largest absolute Gasteiger partial charge is 0.356 e. The number of nitrogens with zero attached hydrogens (tertiary/aromatic N) is 1. The molecule has 33 heavy (non-hydrogen) atoms. The van der Waals surface area contributed by atoms with Crippen LogP contribution >= 0.6 is 11.6 Å². The van der Waals surface area contributed by atoms with E-state index in [9.17, 15) is 24.0 Å². The molecule has 2 heterocycles. The lowest BCUT2D eigenvalue weighted by Crippen LogP contribution is -2.50. The molecule has 0 radical (unpaired) electrons. The molecule has 4 N–H and O–H groups in total. The molecule has 1 aliphatic heterocycles. The Morgan fingerprint density at radius 1 is 1.21 bits per heavy atom. The number of fused-ring (bicyclic) bond motifs is 1. The van der Waals surface area contributed by atoms with Crippen molar-refractivity contribution in [3.8, 4) is 6.07 Å². The van der Waals surface area contributed by atoms with Gasteiger partial charge in [0.05, 0.1) is 11.1 Å². The molecule has 2 aromatic rings. The van der Waals surface area contributed by atoms with E-state index in [1.807, 2.05) is 0 Å². The predicted octanol–water partition coefficient (Wildman–Crippen LogP) is 2.78. The van der Waals surface area contributed by atoms with Crippen LogP contribution in [0.5, 0.6) is 0 Å². The van der Waals surface area contributed by atoms with Crippen LogP contribution in [0.25, 0.3) is 10.9 Å².